The second-order valence-corrected chi connectivity index (χ2v) is 12.4. The normalized spacial score (nSPS) is 44.0. The molecule has 31 heavy (non-hydrogen) atoms. The number of carbonyl (C=O) groups is 1. The molecule has 0 aliphatic heterocycles. The van der Waals surface area contributed by atoms with Crippen LogP contribution in [0.2, 0.25) is 0 Å². The number of aliphatic hydroxyl groups is 1. The summed E-state index contributed by atoms with van der Waals surface area (Å²) >= 11 is 0. The van der Waals surface area contributed by atoms with Crippen LogP contribution < -0.4 is 0 Å². The molecule has 3 fully saturated rings. The molecule has 0 aromatic heterocycles. The molecule has 0 aromatic rings. The van der Waals surface area contributed by atoms with E-state index in [1.165, 1.54) is 56.1 Å². The first-order valence-electron chi connectivity index (χ1n) is 13.2. The van der Waals surface area contributed by atoms with Crippen LogP contribution in [0.5, 0.6) is 0 Å². The van der Waals surface area contributed by atoms with Gasteiger partial charge in [-0.3, -0.25) is 4.79 Å². The molecule has 4 rings (SSSR count). The molecule has 0 radical (unpaired) electrons. The quantitative estimate of drug-likeness (QED) is 0.459. The van der Waals surface area contributed by atoms with Crippen molar-refractivity contribution in [2.75, 3.05) is 0 Å². The van der Waals surface area contributed by atoms with Gasteiger partial charge in [0.25, 0.3) is 0 Å². The van der Waals surface area contributed by atoms with Gasteiger partial charge in [-0.1, -0.05) is 45.4 Å². The fourth-order valence-corrected chi connectivity index (χ4v) is 8.82. The number of ketones is 1. The van der Waals surface area contributed by atoms with Gasteiger partial charge in [0.15, 0.2) is 5.78 Å². The Morgan fingerprint density at radius 2 is 1.90 bits per heavy atom. The predicted molar refractivity (Wildman–Crippen MR) is 129 cm³/mol. The van der Waals surface area contributed by atoms with E-state index < -0.39 is 0 Å². The summed E-state index contributed by atoms with van der Waals surface area (Å²) in [5.41, 5.74) is 3.05. The Kier molecular flexibility index (Phi) is 6.36. The number of hydrogen-bond donors (Lipinski definition) is 1. The number of carbonyl (C=O) groups excluding carboxylic acids is 1. The van der Waals surface area contributed by atoms with Crippen LogP contribution in [0.25, 0.3) is 0 Å². The molecule has 9 atom stereocenters. The first-order chi connectivity index (χ1) is 14.6. The second-order valence-electron chi connectivity index (χ2n) is 12.4. The summed E-state index contributed by atoms with van der Waals surface area (Å²) in [5.74, 6) is 3.80. The van der Waals surface area contributed by atoms with Crippen LogP contribution >= 0.6 is 0 Å². The smallest absolute Gasteiger partial charge is 0.159 e. The van der Waals surface area contributed by atoms with Gasteiger partial charge in [-0.25, -0.2) is 0 Å². The number of fused-ring (bicyclic) bond motifs is 5. The monoisotopic (exact) mass is 426 g/mol. The molecule has 4 aliphatic rings. The van der Waals surface area contributed by atoms with Gasteiger partial charge >= 0.3 is 0 Å². The molecule has 0 bridgehead atoms. The van der Waals surface area contributed by atoms with Crippen molar-refractivity contribution in [1.82, 2.24) is 0 Å². The number of rotatable bonds is 6. The molecule has 1 N–H and O–H groups in total. The predicted octanol–water partition coefficient (Wildman–Crippen LogP) is 7.12. The molecule has 0 heterocycles. The summed E-state index contributed by atoms with van der Waals surface area (Å²) in [5, 5.41) is 10.2. The summed E-state index contributed by atoms with van der Waals surface area (Å²) in [6, 6.07) is 0. The van der Waals surface area contributed by atoms with Gasteiger partial charge in [0.05, 0.1) is 6.10 Å². The number of allylic oxidation sites excluding steroid dienone is 2. The minimum atomic E-state index is -0.250. The molecule has 6 unspecified atom stereocenters. The van der Waals surface area contributed by atoms with Crippen molar-refractivity contribution in [2.24, 2.45) is 46.3 Å². The minimum Gasteiger partial charge on any atom is -0.393 e. The highest BCUT2D eigenvalue weighted by molar-refractivity contribution is 5.94. The molecule has 2 nitrogen and oxygen atoms in total. The average Bonchev–Trinajstić information content (AvgIpc) is 3.06. The minimum absolute atomic E-state index is 0.138. The lowest BCUT2D eigenvalue weighted by Gasteiger charge is -2.57. The average molecular weight is 427 g/mol. The summed E-state index contributed by atoms with van der Waals surface area (Å²) < 4.78 is 0. The standard InChI is InChI=1S/C29H46O2/c1-7-20(18(2)3)9-8-19(4)23-10-11-24-27-25(13-15-29(23,24)6)28(5)14-12-22(30)16-21(28)17-26(27)31/h17,19-20,22-25,27,30H,2,7-16H2,1,3-6H3/t19?,20?,22-,23?,24?,25?,27?,28-,29+/m0/s1. The van der Waals surface area contributed by atoms with Crippen molar-refractivity contribution in [3.63, 3.8) is 0 Å². The highest BCUT2D eigenvalue weighted by atomic mass is 16.3. The maximum absolute atomic E-state index is 13.5. The molecule has 3 saturated carbocycles. The largest absolute Gasteiger partial charge is 0.393 e. The van der Waals surface area contributed by atoms with Crippen LogP contribution in [0.15, 0.2) is 23.8 Å². The van der Waals surface area contributed by atoms with Crippen molar-refractivity contribution in [2.45, 2.75) is 105 Å². The first kappa shape index (κ1) is 23.3. The third-order valence-electron chi connectivity index (χ3n) is 10.8. The Morgan fingerprint density at radius 3 is 2.58 bits per heavy atom. The highest BCUT2D eigenvalue weighted by Gasteiger charge is 2.61. The van der Waals surface area contributed by atoms with Crippen molar-refractivity contribution in [3.05, 3.63) is 23.8 Å². The topological polar surface area (TPSA) is 37.3 Å². The maximum atomic E-state index is 13.5. The zero-order chi connectivity index (χ0) is 22.6. The Hall–Kier alpha value is -0.890. The van der Waals surface area contributed by atoms with E-state index >= 15 is 0 Å². The van der Waals surface area contributed by atoms with Crippen molar-refractivity contribution in [1.29, 1.82) is 0 Å². The van der Waals surface area contributed by atoms with E-state index in [1.54, 1.807) is 0 Å². The molecular weight excluding hydrogens is 380 g/mol. The first-order valence-corrected chi connectivity index (χ1v) is 13.2. The van der Waals surface area contributed by atoms with Crippen LogP contribution in [0.3, 0.4) is 0 Å². The molecule has 174 valence electrons. The SMILES string of the molecule is C=C(C)C(CC)CCC(C)C1CCC2C3C(=O)C=C4C[C@@H](O)CC[C@]4(C)C3CC[C@]12C. The zero-order valence-electron chi connectivity index (χ0n) is 20.8. The van der Waals surface area contributed by atoms with Crippen LogP contribution in [-0.2, 0) is 4.79 Å². The number of aliphatic hydroxyl groups excluding tert-OH is 1. The summed E-state index contributed by atoms with van der Waals surface area (Å²) in [4.78, 5) is 13.5. The second kappa shape index (κ2) is 8.47. The van der Waals surface area contributed by atoms with Gasteiger partial charge in [0, 0.05) is 5.92 Å². The van der Waals surface area contributed by atoms with E-state index in [4.69, 9.17) is 0 Å². The Bertz CT molecular complexity index is 750. The fraction of sp³-hybridized carbons (Fsp3) is 0.828. The summed E-state index contributed by atoms with van der Waals surface area (Å²) in [7, 11) is 0. The Morgan fingerprint density at radius 1 is 1.16 bits per heavy atom. The van der Waals surface area contributed by atoms with E-state index in [1.807, 2.05) is 6.08 Å². The van der Waals surface area contributed by atoms with Gasteiger partial charge < -0.3 is 5.11 Å². The van der Waals surface area contributed by atoms with E-state index in [0.717, 1.165) is 24.7 Å². The molecule has 0 amide bonds. The van der Waals surface area contributed by atoms with Gasteiger partial charge in [0.1, 0.15) is 0 Å². The van der Waals surface area contributed by atoms with E-state index in [2.05, 4.69) is 41.2 Å². The fourth-order valence-electron chi connectivity index (χ4n) is 8.82. The third-order valence-corrected chi connectivity index (χ3v) is 10.8. The van der Waals surface area contributed by atoms with Gasteiger partial charge in [-0.2, -0.15) is 0 Å². The van der Waals surface area contributed by atoms with Crippen LogP contribution in [0.1, 0.15) is 98.8 Å². The van der Waals surface area contributed by atoms with E-state index in [-0.39, 0.29) is 17.4 Å². The summed E-state index contributed by atoms with van der Waals surface area (Å²) in [6.07, 6.45) is 13.2. The van der Waals surface area contributed by atoms with Crippen LogP contribution in [0, 0.1) is 46.3 Å². The highest BCUT2D eigenvalue weighted by Crippen LogP contribution is 2.66. The van der Waals surface area contributed by atoms with Gasteiger partial charge in [0.2, 0.25) is 0 Å². The van der Waals surface area contributed by atoms with Crippen molar-refractivity contribution < 1.29 is 9.90 Å². The molecule has 0 spiro atoms. The van der Waals surface area contributed by atoms with Gasteiger partial charge in [-0.15, -0.1) is 0 Å². The van der Waals surface area contributed by atoms with Crippen LogP contribution in [0.4, 0.5) is 0 Å². The lowest BCUT2D eigenvalue weighted by Crippen LogP contribution is -2.53. The summed E-state index contributed by atoms with van der Waals surface area (Å²) in [6.45, 7) is 16.1. The van der Waals surface area contributed by atoms with Gasteiger partial charge in [-0.05, 0) is 118 Å². The van der Waals surface area contributed by atoms with Crippen LogP contribution in [-0.4, -0.2) is 17.0 Å². The molecule has 0 saturated heterocycles. The third kappa shape index (κ3) is 3.79. The zero-order valence-corrected chi connectivity index (χ0v) is 20.8. The lowest BCUT2D eigenvalue weighted by atomic mass is 9.46. The van der Waals surface area contributed by atoms with E-state index in [9.17, 15) is 9.90 Å². The Labute approximate surface area is 191 Å². The molecule has 4 aliphatic carbocycles. The molecular formula is C29H46O2. The molecule has 0 aromatic carbocycles. The van der Waals surface area contributed by atoms with Crippen molar-refractivity contribution >= 4 is 5.78 Å². The van der Waals surface area contributed by atoms with Crippen molar-refractivity contribution in [3.8, 4) is 0 Å². The lowest BCUT2D eigenvalue weighted by molar-refractivity contribution is -0.135. The van der Waals surface area contributed by atoms with E-state index in [0.29, 0.717) is 35.4 Å². The molecule has 2 heteroatoms. The Balaban J connectivity index is 1.53. The number of hydrogen-bond acceptors (Lipinski definition) is 2. The maximum Gasteiger partial charge on any atom is 0.159 e.